The highest BCUT2D eigenvalue weighted by Crippen LogP contribution is 2.24. The molecule has 2 heterocycles. The molecule has 1 amide bonds. The summed E-state index contributed by atoms with van der Waals surface area (Å²) in [6, 6.07) is 4.87. The van der Waals surface area contributed by atoms with Crippen LogP contribution in [0.4, 0.5) is 0 Å². The van der Waals surface area contributed by atoms with Crippen molar-refractivity contribution in [3.8, 4) is 0 Å². The molecule has 2 unspecified atom stereocenters. The third-order valence-electron chi connectivity index (χ3n) is 4.41. The van der Waals surface area contributed by atoms with E-state index >= 15 is 0 Å². The number of hydrogen-bond donors (Lipinski definition) is 1. The molecule has 2 aliphatic rings. The van der Waals surface area contributed by atoms with Gasteiger partial charge in [0.1, 0.15) is 5.76 Å². The molecule has 110 valence electrons. The van der Waals surface area contributed by atoms with Crippen molar-refractivity contribution in [2.75, 3.05) is 6.54 Å². The van der Waals surface area contributed by atoms with Gasteiger partial charge in [0.15, 0.2) is 0 Å². The second-order valence-electron chi connectivity index (χ2n) is 6.13. The Hall–Kier alpha value is -1.29. The summed E-state index contributed by atoms with van der Waals surface area (Å²) in [5.74, 6) is 1.31. The standard InChI is InChI=1S/C16H24N2O2/c1-12(6-9-14-4-3-11-20-14)18-10-2-5-15(16(18)19)17-13-7-8-13/h3-4,11-13,15,17H,2,5-10H2,1H3. The van der Waals surface area contributed by atoms with Gasteiger partial charge in [0.2, 0.25) is 5.91 Å². The van der Waals surface area contributed by atoms with E-state index in [1.165, 1.54) is 12.8 Å². The van der Waals surface area contributed by atoms with E-state index in [0.717, 1.165) is 38.0 Å². The minimum Gasteiger partial charge on any atom is -0.469 e. The highest BCUT2D eigenvalue weighted by Gasteiger charge is 2.34. The molecular weight excluding hydrogens is 252 g/mol. The smallest absolute Gasteiger partial charge is 0.239 e. The van der Waals surface area contributed by atoms with E-state index in [0.29, 0.717) is 11.9 Å². The van der Waals surface area contributed by atoms with Crippen LogP contribution in [0.3, 0.4) is 0 Å². The molecule has 0 radical (unpaired) electrons. The van der Waals surface area contributed by atoms with E-state index in [9.17, 15) is 4.79 Å². The number of carbonyl (C=O) groups is 1. The summed E-state index contributed by atoms with van der Waals surface area (Å²) in [5, 5.41) is 3.49. The summed E-state index contributed by atoms with van der Waals surface area (Å²) in [6.45, 7) is 3.06. The molecule has 1 aliphatic heterocycles. The lowest BCUT2D eigenvalue weighted by Crippen LogP contribution is -2.54. The van der Waals surface area contributed by atoms with Crippen LogP contribution in [-0.2, 0) is 11.2 Å². The molecule has 20 heavy (non-hydrogen) atoms. The minimum atomic E-state index is 0.0577. The molecule has 1 aromatic rings. The number of rotatable bonds is 6. The molecule has 1 aliphatic carbocycles. The number of hydrogen-bond acceptors (Lipinski definition) is 3. The fourth-order valence-corrected chi connectivity index (χ4v) is 2.99. The summed E-state index contributed by atoms with van der Waals surface area (Å²) in [7, 11) is 0. The Kier molecular flexibility index (Phi) is 4.10. The third-order valence-corrected chi connectivity index (χ3v) is 4.41. The van der Waals surface area contributed by atoms with Crippen LogP contribution in [0.5, 0.6) is 0 Å². The number of nitrogens with zero attached hydrogens (tertiary/aromatic N) is 1. The maximum Gasteiger partial charge on any atom is 0.239 e. The van der Waals surface area contributed by atoms with Crippen LogP contribution < -0.4 is 5.32 Å². The molecule has 2 fully saturated rings. The Balaban J connectivity index is 1.52. The zero-order valence-electron chi connectivity index (χ0n) is 12.2. The van der Waals surface area contributed by atoms with Gasteiger partial charge in [0.25, 0.3) is 0 Å². The largest absolute Gasteiger partial charge is 0.469 e. The summed E-state index contributed by atoms with van der Waals surface area (Å²) < 4.78 is 5.36. The third kappa shape index (κ3) is 3.23. The van der Waals surface area contributed by atoms with Gasteiger partial charge >= 0.3 is 0 Å². The maximum atomic E-state index is 12.5. The zero-order valence-corrected chi connectivity index (χ0v) is 12.2. The quantitative estimate of drug-likeness (QED) is 0.867. The van der Waals surface area contributed by atoms with Crippen molar-refractivity contribution in [2.45, 2.75) is 63.6 Å². The number of furan rings is 1. The van der Waals surface area contributed by atoms with Gasteiger partial charge < -0.3 is 14.6 Å². The normalized spacial score (nSPS) is 24.9. The Labute approximate surface area is 120 Å². The Bertz CT molecular complexity index is 439. The van der Waals surface area contributed by atoms with Crippen molar-refractivity contribution in [2.24, 2.45) is 0 Å². The first kappa shape index (κ1) is 13.7. The van der Waals surface area contributed by atoms with Gasteiger partial charge in [0.05, 0.1) is 12.3 Å². The second kappa shape index (κ2) is 6.00. The number of aryl methyl sites for hydroxylation is 1. The minimum absolute atomic E-state index is 0.0577. The Morgan fingerprint density at radius 1 is 1.45 bits per heavy atom. The molecule has 4 nitrogen and oxygen atoms in total. The molecule has 3 rings (SSSR count). The summed E-state index contributed by atoms with van der Waals surface area (Å²) in [5.41, 5.74) is 0. The van der Waals surface area contributed by atoms with E-state index in [1.54, 1.807) is 6.26 Å². The molecule has 1 saturated carbocycles. The lowest BCUT2D eigenvalue weighted by molar-refractivity contribution is -0.138. The average molecular weight is 276 g/mol. The average Bonchev–Trinajstić information content (AvgIpc) is 3.11. The first-order valence-electron chi connectivity index (χ1n) is 7.83. The molecule has 0 aromatic carbocycles. The van der Waals surface area contributed by atoms with Crippen molar-refractivity contribution in [3.63, 3.8) is 0 Å². The van der Waals surface area contributed by atoms with Gasteiger partial charge in [-0.05, 0) is 51.2 Å². The molecule has 1 aromatic heterocycles. The maximum absolute atomic E-state index is 12.5. The van der Waals surface area contributed by atoms with Gasteiger partial charge in [-0.2, -0.15) is 0 Å². The fraction of sp³-hybridized carbons (Fsp3) is 0.688. The van der Waals surface area contributed by atoms with Crippen LogP contribution in [0, 0.1) is 0 Å². The van der Waals surface area contributed by atoms with Crippen LogP contribution in [0.2, 0.25) is 0 Å². The number of carbonyl (C=O) groups excluding carboxylic acids is 1. The summed E-state index contributed by atoms with van der Waals surface area (Å²) in [4.78, 5) is 14.6. The first-order chi connectivity index (χ1) is 9.74. The summed E-state index contributed by atoms with van der Waals surface area (Å²) in [6.07, 6.45) is 8.16. The van der Waals surface area contributed by atoms with Crippen LogP contribution in [-0.4, -0.2) is 35.5 Å². The Morgan fingerprint density at radius 3 is 3.00 bits per heavy atom. The molecule has 1 saturated heterocycles. The van der Waals surface area contributed by atoms with Crippen molar-refractivity contribution < 1.29 is 9.21 Å². The number of nitrogens with one attached hydrogen (secondary N) is 1. The lowest BCUT2D eigenvalue weighted by Gasteiger charge is -2.37. The van der Waals surface area contributed by atoms with Crippen LogP contribution in [0.1, 0.15) is 44.8 Å². The predicted molar refractivity (Wildman–Crippen MR) is 77.4 cm³/mol. The van der Waals surface area contributed by atoms with Crippen molar-refractivity contribution in [3.05, 3.63) is 24.2 Å². The van der Waals surface area contributed by atoms with E-state index in [2.05, 4.69) is 17.1 Å². The van der Waals surface area contributed by atoms with Gasteiger partial charge in [0, 0.05) is 25.0 Å². The summed E-state index contributed by atoms with van der Waals surface area (Å²) >= 11 is 0. The Morgan fingerprint density at radius 2 is 2.30 bits per heavy atom. The molecular formula is C16H24N2O2. The lowest BCUT2D eigenvalue weighted by atomic mass is 10.0. The van der Waals surface area contributed by atoms with Gasteiger partial charge in [-0.1, -0.05) is 0 Å². The topological polar surface area (TPSA) is 45.5 Å². The highest BCUT2D eigenvalue weighted by molar-refractivity contribution is 5.83. The van der Waals surface area contributed by atoms with Gasteiger partial charge in [-0.25, -0.2) is 0 Å². The fourth-order valence-electron chi connectivity index (χ4n) is 2.99. The van der Waals surface area contributed by atoms with Gasteiger partial charge in [-0.3, -0.25) is 4.79 Å². The van der Waals surface area contributed by atoms with Crippen LogP contribution in [0.25, 0.3) is 0 Å². The first-order valence-corrected chi connectivity index (χ1v) is 7.83. The number of amides is 1. The SMILES string of the molecule is CC(CCc1ccco1)N1CCCC(NC2CC2)C1=O. The van der Waals surface area contributed by atoms with E-state index in [1.807, 2.05) is 12.1 Å². The van der Waals surface area contributed by atoms with Gasteiger partial charge in [-0.15, -0.1) is 0 Å². The van der Waals surface area contributed by atoms with E-state index in [-0.39, 0.29) is 12.1 Å². The van der Waals surface area contributed by atoms with Crippen LogP contribution >= 0.6 is 0 Å². The molecule has 2 atom stereocenters. The highest BCUT2D eigenvalue weighted by atomic mass is 16.3. The van der Waals surface area contributed by atoms with Crippen molar-refractivity contribution in [1.29, 1.82) is 0 Å². The molecule has 4 heteroatoms. The van der Waals surface area contributed by atoms with E-state index < -0.39 is 0 Å². The van der Waals surface area contributed by atoms with E-state index in [4.69, 9.17) is 4.42 Å². The van der Waals surface area contributed by atoms with Crippen LogP contribution in [0.15, 0.2) is 22.8 Å². The molecule has 0 bridgehead atoms. The molecule has 1 N–H and O–H groups in total. The number of likely N-dealkylation sites (tertiary alicyclic amines) is 1. The molecule has 0 spiro atoms. The number of piperidine rings is 1. The van der Waals surface area contributed by atoms with Crippen molar-refractivity contribution >= 4 is 5.91 Å². The monoisotopic (exact) mass is 276 g/mol. The van der Waals surface area contributed by atoms with Crippen molar-refractivity contribution in [1.82, 2.24) is 10.2 Å². The second-order valence-corrected chi connectivity index (χ2v) is 6.13. The predicted octanol–water partition coefficient (Wildman–Crippen LogP) is 2.34. The zero-order chi connectivity index (χ0) is 13.9.